The van der Waals surface area contributed by atoms with Crippen molar-refractivity contribution >= 4 is 28.6 Å². The lowest BCUT2D eigenvalue weighted by Gasteiger charge is -2.16. The van der Waals surface area contributed by atoms with Crippen LogP contribution in [-0.4, -0.2) is 25.4 Å². The van der Waals surface area contributed by atoms with Crippen LogP contribution in [0.1, 0.15) is 34.5 Å². The molecule has 0 saturated heterocycles. The third-order valence-corrected chi connectivity index (χ3v) is 6.35. The van der Waals surface area contributed by atoms with Crippen molar-refractivity contribution in [3.8, 4) is 11.1 Å². The summed E-state index contributed by atoms with van der Waals surface area (Å²) < 4.78 is 28.8. The Morgan fingerprint density at radius 2 is 1.84 bits per heavy atom. The van der Waals surface area contributed by atoms with Crippen LogP contribution in [0.25, 0.3) is 22.2 Å². The van der Waals surface area contributed by atoms with E-state index in [4.69, 9.17) is 5.73 Å². The van der Waals surface area contributed by atoms with Gasteiger partial charge in [-0.25, -0.2) is 23.7 Å². The molecule has 0 radical (unpaired) electrons. The predicted molar refractivity (Wildman–Crippen MR) is 142 cm³/mol. The summed E-state index contributed by atoms with van der Waals surface area (Å²) in [5, 5.41) is 6.84. The molecule has 0 spiro atoms. The van der Waals surface area contributed by atoms with Crippen molar-refractivity contribution in [2.24, 2.45) is 7.05 Å². The van der Waals surface area contributed by atoms with Crippen LogP contribution in [0, 0.1) is 11.6 Å². The summed E-state index contributed by atoms with van der Waals surface area (Å²) in [5.74, 6) is -1.45. The third-order valence-electron chi connectivity index (χ3n) is 6.35. The first-order valence-corrected chi connectivity index (χ1v) is 11.9. The SMILES string of the molecule is CC(NC(=O)c1cccnc1NCc1ccc(-c2cn(C)c3ncnc(N)c23)cc1)c1ccc(F)c(F)c1. The summed E-state index contributed by atoms with van der Waals surface area (Å²) in [7, 11) is 1.91. The Morgan fingerprint density at radius 3 is 2.61 bits per heavy atom. The number of carbonyl (C=O) groups excluding carboxylic acids is 1. The van der Waals surface area contributed by atoms with Crippen molar-refractivity contribution < 1.29 is 13.6 Å². The second-order valence-corrected chi connectivity index (χ2v) is 8.93. The maximum Gasteiger partial charge on any atom is 0.255 e. The van der Waals surface area contributed by atoms with Crippen LogP contribution < -0.4 is 16.4 Å². The molecule has 0 fully saturated rings. The first-order valence-electron chi connectivity index (χ1n) is 11.9. The van der Waals surface area contributed by atoms with Crippen LogP contribution in [-0.2, 0) is 13.6 Å². The largest absolute Gasteiger partial charge is 0.383 e. The third kappa shape index (κ3) is 4.88. The Balaban J connectivity index is 1.29. The van der Waals surface area contributed by atoms with Crippen LogP contribution in [0.15, 0.2) is 73.3 Å². The summed E-state index contributed by atoms with van der Waals surface area (Å²) in [6.45, 7) is 2.13. The molecule has 8 nitrogen and oxygen atoms in total. The Labute approximate surface area is 217 Å². The summed E-state index contributed by atoms with van der Waals surface area (Å²) in [4.78, 5) is 25.7. The van der Waals surface area contributed by atoms with Crippen LogP contribution in [0.5, 0.6) is 0 Å². The predicted octanol–water partition coefficient (Wildman–Crippen LogP) is 4.99. The number of pyridine rings is 1. The molecule has 0 aliphatic heterocycles. The van der Waals surface area contributed by atoms with Gasteiger partial charge >= 0.3 is 0 Å². The molecule has 5 aromatic rings. The van der Waals surface area contributed by atoms with E-state index >= 15 is 0 Å². The molecule has 38 heavy (non-hydrogen) atoms. The van der Waals surface area contributed by atoms with Gasteiger partial charge in [0.05, 0.1) is 17.0 Å². The van der Waals surface area contributed by atoms with E-state index in [0.717, 1.165) is 39.9 Å². The summed E-state index contributed by atoms with van der Waals surface area (Å²) in [6, 6.07) is 14.3. The first kappa shape index (κ1) is 24.8. The van der Waals surface area contributed by atoms with Gasteiger partial charge < -0.3 is 20.9 Å². The number of rotatable bonds is 7. The molecule has 3 aromatic heterocycles. The average molecular weight is 514 g/mol. The van der Waals surface area contributed by atoms with Crippen LogP contribution in [0.4, 0.5) is 20.4 Å². The molecule has 1 amide bonds. The minimum Gasteiger partial charge on any atom is -0.383 e. The van der Waals surface area contributed by atoms with Gasteiger partial charge in [-0.1, -0.05) is 30.3 Å². The number of nitrogens with two attached hydrogens (primary N) is 1. The number of carbonyl (C=O) groups is 1. The highest BCUT2D eigenvalue weighted by molar-refractivity contribution is 6.00. The Bertz CT molecular complexity index is 1630. The monoisotopic (exact) mass is 513 g/mol. The van der Waals surface area contributed by atoms with E-state index in [-0.39, 0.29) is 5.91 Å². The molecule has 0 aliphatic rings. The number of fused-ring (bicyclic) bond motifs is 1. The van der Waals surface area contributed by atoms with E-state index < -0.39 is 17.7 Å². The molecule has 5 rings (SSSR count). The van der Waals surface area contributed by atoms with E-state index in [0.29, 0.717) is 29.3 Å². The minimum atomic E-state index is -0.962. The maximum absolute atomic E-state index is 13.6. The van der Waals surface area contributed by atoms with Crippen molar-refractivity contribution in [3.63, 3.8) is 0 Å². The highest BCUT2D eigenvalue weighted by Gasteiger charge is 2.17. The zero-order valence-corrected chi connectivity index (χ0v) is 20.7. The number of nitrogens with one attached hydrogen (secondary N) is 2. The normalized spacial score (nSPS) is 11.9. The average Bonchev–Trinajstić information content (AvgIpc) is 3.27. The number of benzene rings is 2. The maximum atomic E-state index is 13.6. The summed E-state index contributed by atoms with van der Waals surface area (Å²) in [5.41, 5.74) is 10.6. The number of aromatic nitrogens is 4. The highest BCUT2D eigenvalue weighted by atomic mass is 19.2. The molecule has 192 valence electrons. The number of aryl methyl sites for hydroxylation is 1. The summed E-state index contributed by atoms with van der Waals surface area (Å²) >= 11 is 0. The zero-order valence-electron chi connectivity index (χ0n) is 20.7. The van der Waals surface area contributed by atoms with Gasteiger partial charge in [-0.05, 0) is 47.9 Å². The number of nitrogen functional groups attached to an aromatic ring is 1. The Hall–Kier alpha value is -4.86. The molecule has 0 saturated carbocycles. The van der Waals surface area contributed by atoms with E-state index in [1.165, 1.54) is 12.4 Å². The number of hydrogen-bond acceptors (Lipinski definition) is 6. The van der Waals surface area contributed by atoms with Gasteiger partial charge in [0, 0.05) is 31.5 Å². The number of halogens is 2. The van der Waals surface area contributed by atoms with Crippen molar-refractivity contribution in [2.75, 3.05) is 11.1 Å². The second-order valence-electron chi connectivity index (χ2n) is 8.93. The Kier molecular flexibility index (Phi) is 6.69. The van der Waals surface area contributed by atoms with Crippen LogP contribution in [0.3, 0.4) is 0 Å². The van der Waals surface area contributed by atoms with Gasteiger partial charge in [-0.2, -0.15) is 0 Å². The molecule has 2 aromatic carbocycles. The number of nitrogens with zero attached hydrogens (tertiary/aromatic N) is 4. The van der Waals surface area contributed by atoms with Gasteiger partial charge in [0.1, 0.15) is 23.6 Å². The highest BCUT2D eigenvalue weighted by Crippen LogP contribution is 2.32. The van der Waals surface area contributed by atoms with Crippen LogP contribution >= 0.6 is 0 Å². The van der Waals surface area contributed by atoms with E-state index in [1.54, 1.807) is 25.3 Å². The zero-order chi connectivity index (χ0) is 26.8. The lowest BCUT2D eigenvalue weighted by atomic mass is 10.0. The fourth-order valence-electron chi connectivity index (χ4n) is 4.31. The van der Waals surface area contributed by atoms with E-state index in [9.17, 15) is 13.6 Å². The fourth-order valence-corrected chi connectivity index (χ4v) is 4.31. The lowest BCUT2D eigenvalue weighted by Crippen LogP contribution is -2.27. The lowest BCUT2D eigenvalue weighted by molar-refractivity contribution is 0.0940. The van der Waals surface area contributed by atoms with E-state index in [1.807, 2.05) is 42.1 Å². The summed E-state index contributed by atoms with van der Waals surface area (Å²) in [6.07, 6.45) is 5.02. The quantitative estimate of drug-likeness (QED) is 0.283. The molecular formula is C28H25F2N7O. The van der Waals surface area contributed by atoms with Crippen molar-refractivity contribution in [2.45, 2.75) is 19.5 Å². The number of hydrogen-bond donors (Lipinski definition) is 3. The number of anilines is 2. The Morgan fingerprint density at radius 1 is 1.05 bits per heavy atom. The molecule has 1 atom stereocenters. The van der Waals surface area contributed by atoms with Crippen LogP contribution in [0.2, 0.25) is 0 Å². The number of amides is 1. The van der Waals surface area contributed by atoms with Crippen molar-refractivity contribution in [1.29, 1.82) is 0 Å². The molecular weight excluding hydrogens is 488 g/mol. The van der Waals surface area contributed by atoms with Gasteiger partial charge in [-0.3, -0.25) is 4.79 Å². The molecule has 10 heteroatoms. The van der Waals surface area contributed by atoms with Crippen molar-refractivity contribution in [3.05, 3.63) is 102 Å². The van der Waals surface area contributed by atoms with Gasteiger partial charge in [0.15, 0.2) is 11.6 Å². The minimum absolute atomic E-state index is 0.338. The molecule has 0 aliphatic carbocycles. The van der Waals surface area contributed by atoms with E-state index in [2.05, 4.69) is 25.6 Å². The van der Waals surface area contributed by atoms with Gasteiger partial charge in [0.25, 0.3) is 5.91 Å². The smallest absolute Gasteiger partial charge is 0.255 e. The fraction of sp³-hybridized carbons (Fsp3) is 0.143. The standard InChI is InChI=1S/C28H25F2N7O/c1-16(19-9-10-22(29)23(30)12-19)36-28(38)20-4-3-11-32-26(20)33-13-17-5-7-18(8-6-17)21-14-37(2)27-24(21)25(31)34-15-35-27/h3-12,14-16H,13H2,1-2H3,(H,32,33)(H,36,38)(H2,31,34,35). The second kappa shape index (κ2) is 10.3. The van der Waals surface area contributed by atoms with Gasteiger partial charge in [-0.15, -0.1) is 0 Å². The molecule has 4 N–H and O–H groups in total. The topological polar surface area (TPSA) is 111 Å². The molecule has 0 bridgehead atoms. The van der Waals surface area contributed by atoms with Gasteiger partial charge in [0.2, 0.25) is 0 Å². The molecule has 3 heterocycles. The molecule has 1 unspecified atom stereocenters. The first-order chi connectivity index (χ1) is 18.3. The van der Waals surface area contributed by atoms with Crippen molar-refractivity contribution in [1.82, 2.24) is 24.8 Å².